The summed E-state index contributed by atoms with van der Waals surface area (Å²) in [5, 5.41) is 0. The van der Waals surface area contributed by atoms with E-state index in [4.69, 9.17) is 0 Å². The molecule has 0 amide bonds. The molecule has 0 atom stereocenters. The third kappa shape index (κ3) is 1.42. The Kier molecular flexibility index (Phi) is 2.24. The Morgan fingerprint density at radius 2 is 2.00 bits per heavy atom. The summed E-state index contributed by atoms with van der Waals surface area (Å²) in [5.41, 5.74) is 0. The molecule has 1 nitrogen and oxygen atoms in total. The van der Waals surface area contributed by atoms with Crippen molar-refractivity contribution in [2.75, 3.05) is 0 Å². The number of allylic oxidation sites excluding steroid dienone is 2. The van der Waals surface area contributed by atoms with Crippen LogP contribution in [-0.4, -0.2) is 31.7 Å². The molecule has 8 heavy (non-hydrogen) atoms. The van der Waals surface area contributed by atoms with E-state index in [1.807, 2.05) is 24.3 Å². The molecule has 1 aliphatic rings. The SMILES string of the molecule is [Te]=C=NC1C=CC=C1. The molecular formula is C6H5NTe. The first-order chi connectivity index (χ1) is 3.93. The summed E-state index contributed by atoms with van der Waals surface area (Å²) in [5.74, 6) is 0. The van der Waals surface area contributed by atoms with E-state index in [1.54, 1.807) is 21.8 Å². The molecule has 0 radical (unpaired) electrons. The first-order valence-corrected chi connectivity index (χ1v) is 3.52. The van der Waals surface area contributed by atoms with Crippen LogP contribution in [-0.2, 0) is 0 Å². The Bertz CT molecular complexity index is 163. The molecule has 0 saturated heterocycles. The fourth-order valence-electron chi connectivity index (χ4n) is 0.567. The Balaban J connectivity index is 2.62. The molecule has 0 aliphatic heterocycles. The summed E-state index contributed by atoms with van der Waals surface area (Å²) in [6.45, 7) is 0. The second kappa shape index (κ2) is 2.99. The second-order valence-electron chi connectivity index (χ2n) is 1.48. The van der Waals surface area contributed by atoms with Crippen LogP contribution < -0.4 is 0 Å². The van der Waals surface area contributed by atoms with Crippen LogP contribution in [0.3, 0.4) is 0 Å². The van der Waals surface area contributed by atoms with Gasteiger partial charge in [0.25, 0.3) is 0 Å². The van der Waals surface area contributed by atoms with E-state index < -0.39 is 0 Å². The van der Waals surface area contributed by atoms with E-state index >= 15 is 0 Å². The van der Waals surface area contributed by atoms with Gasteiger partial charge in [0, 0.05) is 0 Å². The first-order valence-electron chi connectivity index (χ1n) is 2.35. The van der Waals surface area contributed by atoms with Crippen LogP contribution in [0.1, 0.15) is 0 Å². The normalized spacial score (nSPS) is 16.5. The number of nitrogens with zero attached hydrogens (tertiary/aromatic N) is 1. The first kappa shape index (κ1) is 5.98. The molecule has 0 spiro atoms. The Labute approximate surface area is 61.2 Å². The quantitative estimate of drug-likeness (QED) is 0.451. The molecule has 1 rings (SSSR count). The van der Waals surface area contributed by atoms with Crippen LogP contribution in [0.15, 0.2) is 29.3 Å². The Hall–Kier alpha value is -0.150. The molecule has 0 heterocycles. The van der Waals surface area contributed by atoms with Gasteiger partial charge < -0.3 is 0 Å². The summed E-state index contributed by atoms with van der Waals surface area (Å²) >= 11 is 1.74. The van der Waals surface area contributed by atoms with Gasteiger partial charge in [-0.05, 0) is 0 Å². The standard InChI is InChI=1S/C6H5NTe/c8-5-7-6-3-1-2-4-6/h1-4,6H. The maximum absolute atomic E-state index is 4.00. The third-order valence-electron chi connectivity index (χ3n) is 0.929. The zero-order valence-corrected chi connectivity index (χ0v) is 6.57. The van der Waals surface area contributed by atoms with Gasteiger partial charge in [0.2, 0.25) is 0 Å². The van der Waals surface area contributed by atoms with E-state index in [1.165, 1.54) is 0 Å². The van der Waals surface area contributed by atoms with E-state index in [9.17, 15) is 0 Å². The molecule has 0 N–H and O–H groups in total. The Morgan fingerprint density at radius 3 is 2.50 bits per heavy atom. The zero-order valence-electron chi connectivity index (χ0n) is 4.24. The minimum atomic E-state index is 0.266. The van der Waals surface area contributed by atoms with Crippen LogP contribution in [0.25, 0.3) is 0 Å². The summed E-state index contributed by atoms with van der Waals surface area (Å²) in [6, 6.07) is 0.266. The fourth-order valence-corrected chi connectivity index (χ4v) is 0.914. The van der Waals surface area contributed by atoms with Gasteiger partial charge in [-0.15, -0.1) is 0 Å². The van der Waals surface area contributed by atoms with E-state index in [0.29, 0.717) is 0 Å². The summed E-state index contributed by atoms with van der Waals surface area (Å²) < 4.78 is 2.74. The summed E-state index contributed by atoms with van der Waals surface area (Å²) in [4.78, 5) is 4.00. The molecule has 0 bridgehead atoms. The molecule has 1 aliphatic carbocycles. The zero-order chi connectivity index (χ0) is 5.82. The fraction of sp³-hybridized carbons (Fsp3) is 0.167. The maximum atomic E-state index is 4.00. The molecule has 0 fully saturated rings. The van der Waals surface area contributed by atoms with Gasteiger partial charge in [-0.2, -0.15) is 0 Å². The molecule has 0 saturated carbocycles. The van der Waals surface area contributed by atoms with Gasteiger partial charge in [0.15, 0.2) is 0 Å². The van der Waals surface area contributed by atoms with Crippen molar-refractivity contribution in [1.29, 1.82) is 0 Å². The third-order valence-corrected chi connectivity index (χ3v) is 1.23. The predicted molar refractivity (Wildman–Crippen MR) is 35.3 cm³/mol. The van der Waals surface area contributed by atoms with Gasteiger partial charge >= 0.3 is 61.0 Å². The van der Waals surface area contributed by atoms with Gasteiger partial charge in [-0.3, -0.25) is 0 Å². The van der Waals surface area contributed by atoms with Crippen molar-refractivity contribution in [3.05, 3.63) is 24.3 Å². The summed E-state index contributed by atoms with van der Waals surface area (Å²) in [7, 11) is 0. The number of rotatable bonds is 1. The molecule has 0 aromatic rings. The van der Waals surface area contributed by atoms with Crippen molar-refractivity contribution in [3.63, 3.8) is 0 Å². The summed E-state index contributed by atoms with van der Waals surface area (Å²) in [6.07, 6.45) is 8.04. The van der Waals surface area contributed by atoms with Gasteiger partial charge in [-0.1, -0.05) is 0 Å². The molecule has 40 valence electrons. The van der Waals surface area contributed by atoms with E-state index in [-0.39, 0.29) is 6.04 Å². The van der Waals surface area contributed by atoms with Crippen molar-refractivity contribution in [3.8, 4) is 0 Å². The predicted octanol–water partition coefficient (Wildman–Crippen LogP) is 0.555. The van der Waals surface area contributed by atoms with E-state index in [0.717, 1.165) is 0 Å². The minimum absolute atomic E-state index is 0.266. The van der Waals surface area contributed by atoms with Crippen molar-refractivity contribution in [1.82, 2.24) is 0 Å². The van der Waals surface area contributed by atoms with Crippen molar-refractivity contribution in [2.45, 2.75) is 6.04 Å². The van der Waals surface area contributed by atoms with Gasteiger partial charge in [-0.25, -0.2) is 0 Å². The van der Waals surface area contributed by atoms with Crippen molar-refractivity contribution >= 4 is 25.7 Å². The molecular weight excluding hydrogens is 214 g/mol. The molecule has 0 aromatic heterocycles. The second-order valence-corrected chi connectivity index (χ2v) is 2.00. The van der Waals surface area contributed by atoms with Gasteiger partial charge in [0.05, 0.1) is 0 Å². The van der Waals surface area contributed by atoms with Crippen LogP contribution in [0.4, 0.5) is 0 Å². The number of aliphatic imine (C=N–C) groups is 1. The monoisotopic (exact) mass is 221 g/mol. The Morgan fingerprint density at radius 1 is 1.38 bits per heavy atom. The van der Waals surface area contributed by atoms with Crippen molar-refractivity contribution < 1.29 is 0 Å². The average Bonchev–Trinajstić information content (AvgIpc) is 2.19. The topological polar surface area (TPSA) is 12.4 Å². The van der Waals surface area contributed by atoms with Crippen LogP contribution >= 0.6 is 0 Å². The van der Waals surface area contributed by atoms with Gasteiger partial charge in [0.1, 0.15) is 0 Å². The molecule has 0 aromatic carbocycles. The molecule has 0 unspecified atom stereocenters. The number of hydrogen-bond donors (Lipinski definition) is 0. The van der Waals surface area contributed by atoms with Crippen LogP contribution in [0.5, 0.6) is 0 Å². The average molecular weight is 219 g/mol. The molecule has 2 heteroatoms. The van der Waals surface area contributed by atoms with Crippen LogP contribution in [0.2, 0.25) is 0 Å². The van der Waals surface area contributed by atoms with Crippen molar-refractivity contribution in [2.24, 2.45) is 4.99 Å². The van der Waals surface area contributed by atoms with Crippen LogP contribution in [0, 0.1) is 0 Å². The number of hydrogen-bond acceptors (Lipinski definition) is 1. The van der Waals surface area contributed by atoms with E-state index in [2.05, 4.69) is 8.84 Å².